The number of hydrogen-bond donors (Lipinski definition) is 0. The summed E-state index contributed by atoms with van der Waals surface area (Å²) in [6, 6.07) is 5.79. The van der Waals surface area contributed by atoms with Crippen LogP contribution in [0.5, 0.6) is 11.5 Å². The van der Waals surface area contributed by atoms with Crippen molar-refractivity contribution in [2.45, 2.75) is 13.8 Å². The summed E-state index contributed by atoms with van der Waals surface area (Å²) < 4.78 is 10.7. The zero-order valence-corrected chi connectivity index (χ0v) is 9.54. The van der Waals surface area contributed by atoms with Crippen molar-refractivity contribution < 1.29 is 9.47 Å². The lowest BCUT2D eigenvalue weighted by atomic mass is 10.00. The van der Waals surface area contributed by atoms with E-state index < -0.39 is 0 Å². The highest BCUT2D eigenvalue weighted by Gasteiger charge is 2.10. The Morgan fingerprint density at radius 1 is 1.47 bits per heavy atom. The largest absolute Gasteiger partial charge is 0.496 e. The number of ether oxygens (including phenoxy) is 2. The van der Waals surface area contributed by atoms with Gasteiger partial charge < -0.3 is 9.47 Å². The summed E-state index contributed by atoms with van der Waals surface area (Å²) in [4.78, 5) is 0. The predicted molar refractivity (Wildman–Crippen MR) is 62.4 cm³/mol. The van der Waals surface area contributed by atoms with Gasteiger partial charge in [0.25, 0.3) is 0 Å². The average Bonchev–Trinajstić information content (AvgIpc) is 2.28. The van der Waals surface area contributed by atoms with E-state index >= 15 is 0 Å². The summed E-state index contributed by atoms with van der Waals surface area (Å²) in [5.74, 6) is 2.78. The molecule has 0 atom stereocenters. The van der Waals surface area contributed by atoms with Gasteiger partial charge in [-0.05, 0) is 25.1 Å². The molecule has 15 heavy (non-hydrogen) atoms. The van der Waals surface area contributed by atoms with Crippen LogP contribution >= 0.6 is 0 Å². The summed E-state index contributed by atoms with van der Waals surface area (Å²) >= 11 is 0. The van der Waals surface area contributed by atoms with Crippen LogP contribution in [-0.2, 0) is 0 Å². The Hall–Kier alpha value is -1.44. The molecule has 0 N–H and O–H groups in total. The molecule has 0 unspecified atom stereocenters. The Morgan fingerprint density at radius 3 is 2.73 bits per heavy atom. The maximum absolute atomic E-state index is 5.44. The molecule has 0 amide bonds. The minimum Gasteiger partial charge on any atom is -0.496 e. The molecule has 0 saturated heterocycles. The Kier molecular flexibility index (Phi) is 4.22. The molecule has 0 heterocycles. The molecule has 2 nitrogen and oxygen atoms in total. The number of benzene rings is 1. The fourth-order valence-electron chi connectivity index (χ4n) is 1.36. The number of rotatable bonds is 5. The molecule has 81 valence electrons. The van der Waals surface area contributed by atoms with Crippen LogP contribution in [0.3, 0.4) is 0 Å². The topological polar surface area (TPSA) is 18.5 Å². The minimum absolute atomic E-state index is 0.666. The van der Waals surface area contributed by atoms with Crippen molar-refractivity contribution in [2.24, 2.45) is 0 Å². The summed E-state index contributed by atoms with van der Waals surface area (Å²) in [5, 5.41) is 0. The van der Waals surface area contributed by atoms with Gasteiger partial charge in [0.15, 0.2) is 0 Å². The van der Waals surface area contributed by atoms with Crippen LogP contribution in [0.15, 0.2) is 30.9 Å². The zero-order valence-electron chi connectivity index (χ0n) is 9.54. The van der Waals surface area contributed by atoms with Gasteiger partial charge in [0, 0.05) is 11.5 Å². The summed E-state index contributed by atoms with van der Waals surface area (Å²) in [6.45, 7) is 8.39. The molecule has 0 aliphatic heterocycles. The second-order valence-electron chi connectivity index (χ2n) is 3.18. The fraction of sp³-hybridized carbons (Fsp3) is 0.308. The Bertz CT molecular complexity index is 331. The normalized spacial score (nSPS) is 10.1. The van der Waals surface area contributed by atoms with E-state index in [1.165, 1.54) is 0 Å². The lowest BCUT2D eigenvalue weighted by molar-refractivity contribution is 0.338. The van der Waals surface area contributed by atoms with E-state index in [0.29, 0.717) is 6.61 Å². The third-order valence-corrected chi connectivity index (χ3v) is 2.21. The van der Waals surface area contributed by atoms with E-state index in [-0.39, 0.29) is 0 Å². The lowest BCUT2D eigenvalue weighted by Crippen LogP contribution is -1.98. The van der Waals surface area contributed by atoms with Crippen molar-refractivity contribution in [3.8, 4) is 11.5 Å². The summed E-state index contributed by atoms with van der Waals surface area (Å²) in [5.41, 5.74) is 1.03. The lowest BCUT2D eigenvalue weighted by Gasteiger charge is -2.13. The van der Waals surface area contributed by atoms with Crippen molar-refractivity contribution in [3.05, 3.63) is 42.3 Å². The third kappa shape index (κ3) is 2.75. The van der Waals surface area contributed by atoms with Crippen molar-refractivity contribution in [1.29, 1.82) is 0 Å². The van der Waals surface area contributed by atoms with Crippen molar-refractivity contribution in [1.82, 2.24) is 0 Å². The molecule has 0 saturated carbocycles. The molecule has 0 bridgehead atoms. The van der Waals surface area contributed by atoms with Crippen molar-refractivity contribution >= 4 is 0 Å². The highest BCUT2D eigenvalue weighted by atomic mass is 16.5. The smallest absolute Gasteiger partial charge is 0.123 e. The quantitative estimate of drug-likeness (QED) is 0.734. The minimum atomic E-state index is 0.666. The van der Waals surface area contributed by atoms with E-state index in [4.69, 9.17) is 9.47 Å². The Balaban J connectivity index is 3.06. The van der Waals surface area contributed by atoms with Gasteiger partial charge in [-0.25, -0.2) is 0 Å². The van der Waals surface area contributed by atoms with Gasteiger partial charge in [-0.1, -0.05) is 13.0 Å². The average molecular weight is 205 g/mol. The fourth-order valence-corrected chi connectivity index (χ4v) is 1.36. The van der Waals surface area contributed by atoms with Gasteiger partial charge in [0.1, 0.15) is 11.5 Å². The van der Waals surface area contributed by atoms with E-state index in [1.54, 1.807) is 7.11 Å². The third-order valence-electron chi connectivity index (χ3n) is 2.21. The first-order chi connectivity index (χ1) is 7.22. The van der Waals surface area contributed by atoms with Crippen LogP contribution in [0.25, 0.3) is 0 Å². The van der Waals surface area contributed by atoms with Crippen LogP contribution in [0.4, 0.5) is 0 Å². The number of methoxy groups -OCH3 is 1. The van der Waals surface area contributed by atoms with Gasteiger partial charge in [-0.3, -0.25) is 0 Å². The van der Waals surface area contributed by atoms with E-state index in [9.17, 15) is 0 Å². The SMILES string of the molecule is C=C[C](C)c1cc(OCC)ccc1OC. The molecule has 1 aromatic carbocycles. The zero-order chi connectivity index (χ0) is 11.3. The maximum Gasteiger partial charge on any atom is 0.123 e. The predicted octanol–water partition coefficient (Wildman–Crippen LogP) is 3.22. The van der Waals surface area contributed by atoms with E-state index in [2.05, 4.69) is 6.58 Å². The summed E-state index contributed by atoms with van der Waals surface area (Å²) in [6.07, 6.45) is 1.81. The van der Waals surface area contributed by atoms with Gasteiger partial charge in [0.05, 0.1) is 13.7 Å². The van der Waals surface area contributed by atoms with Crippen LogP contribution < -0.4 is 9.47 Å². The second-order valence-corrected chi connectivity index (χ2v) is 3.18. The standard InChI is InChI=1S/C13H17O2/c1-5-10(3)12-9-11(15-6-2)7-8-13(12)14-4/h5,7-9H,1,6H2,2-4H3. The van der Waals surface area contributed by atoms with Crippen LogP contribution in [0.1, 0.15) is 19.4 Å². The molecule has 1 radical (unpaired) electrons. The molecule has 2 heteroatoms. The molecule has 0 aromatic heterocycles. The van der Waals surface area contributed by atoms with Crippen LogP contribution in [0, 0.1) is 5.92 Å². The number of hydrogen-bond acceptors (Lipinski definition) is 2. The Labute approximate surface area is 91.5 Å². The first kappa shape index (κ1) is 11.6. The van der Waals surface area contributed by atoms with Gasteiger partial charge >= 0.3 is 0 Å². The first-order valence-electron chi connectivity index (χ1n) is 5.00. The highest BCUT2D eigenvalue weighted by molar-refractivity contribution is 5.50. The molecule has 0 aliphatic carbocycles. The number of allylic oxidation sites excluding steroid dienone is 1. The second kappa shape index (κ2) is 5.44. The van der Waals surface area contributed by atoms with Crippen molar-refractivity contribution in [3.63, 3.8) is 0 Å². The molecule has 0 aliphatic rings. The molecule has 1 rings (SSSR count). The first-order valence-corrected chi connectivity index (χ1v) is 5.00. The monoisotopic (exact) mass is 205 g/mol. The van der Waals surface area contributed by atoms with Crippen LogP contribution in [0.2, 0.25) is 0 Å². The molecule has 0 fully saturated rings. The highest BCUT2D eigenvalue weighted by Crippen LogP contribution is 2.30. The molecule has 1 aromatic rings. The van der Waals surface area contributed by atoms with Gasteiger partial charge in [-0.2, -0.15) is 0 Å². The van der Waals surface area contributed by atoms with Crippen LogP contribution in [-0.4, -0.2) is 13.7 Å². The van der Waals surface area contributed by atoms with Gasteiger partial charge in [-0.15, -0.1) is 6.58 Å². The molecular weight excluding hydrogens is 188 g/mol. The van der Waals surface area contributed by atoms with E-state index in [0.717, 1.165) is 23.0 Å². The van der Waals surface area contributed by atoms with Crippen molar-refractivity contribution in [2.75, 3.05) is 13.7 Å². The van der Waals surface area contributed by atoms with E-state index in [1.807, 2.05) is 38.1 Å². The maximum atomic E-state index is 5.44. The summed E-state index contributed by atoms with van der Waals surface area (Å²) in [7, 11) is 1.66. The Morgan fingerprint density at radius 2 is 2.20 bits per heavy atom. The molecular formula is C13H17O2. The van der Waals surface area contributed by atoms with Gasteiger partial charge in [0.2, 0.25) is 0 Å². The molecule has 0 spiro atoms.